The van der Waals surface area contributed by atoms with Gasteiger partial charge in [0, 0.05) is 17.6 Å². The molecule has 1 heterocycles. The summed E-state index contributed by atoms with van der Waals surface area (Å²) in [5.41, 5.74) is 1.55. The van der Waals surface area contributed by atoms with E-state index in [-0.39, 0.29) is 24.1 Å². The molecule has 1 aromatic heterocycles. The van der Waals surface area contributed by atoms with Crippen molar-refractivity contribution < 1.29 is 8.42 Å². The molecule has 0 spiro atoms. The first-order valence-corrected chi connectivity index (χ1v) is 9.50. The number of rotatable bonds is 8. The van der Waals surface area contributed by atoms with Crippen molar-refractivity contribution in [1.29, 1.82) is 5.26 Å². The van der Waals surface area contributed by atoms with Crippen molar-refractivity contribution in [2.24, 2.45) is 0 Å². The van der Waals surface area contributed by atoms with Crippen LogP contribution in [-0.4, -0.2) is 31.7 Å². The van der Waals surface area contributed by atoms with Gasteiger partial charge in [-0.15, -0.1) is 0 Å². The Hall–Kier alpha value is -1.97. The molecule has 2 aromatic rings. The molecule has 0 saturated carbocycles. The molecule has 0 aliphatic rings. The molecule has 1 unspecified atom stereocenters. The number of benzene rings is 1. The van der Waals surface area contributed by atoms with Gasteiger partial charge < -0.3 is 5.32 Å². The molecular weight excluding hydrogens is 310 g/mol. The molecule has 1 N–H and O–H groups in total. The predicted octanol–water partition coefficient (Wildman–Crippen LogP) is 2.43. The first kappa shape index (κ1) is 17.4. The number of nitriles is 1. The number of sulfone groups is 1. The molecular formula is C17H21N3O2S. The largest absolute Gasteiger partial charge is 0.301 e. The summed E-state index contributed by atoms with van der Waals surface area (Å²) in [4.78, 5) is 4.31. The first-order chi connectivity index (χ1) is 11.0. The van der Waals surface area contributed by atoms with Crippen LogP contribution >= 0.6 is 0 Å². The molecule has 0 bridgehead atoms. The zero-order valence-corrected chi connectivity index (χ0v) is 14.0. The van der Waals surface area contributed by atoms with Crippen LogP contribution in [0.3, 0.4) is 0 Å². The summed E-state index contributed by atoms with van der Waals surface area (Å²) in [6, 6.07) is 11.3. The second-order valence-electron chi connectivity index (χ2n) is 5.62. The van der Waals surface area contributed by atoms with Crippen LogP contribution in [0.4, 0.5) is 0 Å². The standard InChI is InChI=1S/C17H21N3O2S/c1-2-5-16(19-9-8-18)13-23(21,22)12-14-10-15-6-3-4-7-17(15)20-11-14/h3-4,6-7,10-11,16,19H,2,5,9,12-13H2,1H3. The normalized spacial score (nSPS) is 12.9. The SMILES string of the molecule is CCCC(CS(=O)(=O)Cc1cnc2ccccc2c1)NCC#N. The van der Waals surface area contributed by atoms with Crippen LogP contribution in [0.25, 0.3) is 10.9 Å². The first-order valence-electron chi connectivity index (χ1n) is 7.68. The number of fused-ring (bicyclic) bond motifs is 1. The second kappa shape index (κ2) is 8.04. The van der Waals surface area contributed by atoms with Crippen LogP contribution in [0.5, 0.6) is 0 Å². The van der Waals surface area contributed by atoms with Crippen LogP contribution in [0.1, 0.15) is 25.3 Å². The number of hydrogen-bond acceptors (Lipinski definition) is 5. The highest BCUT2D eigenvalue weighted by atomic mass is 32.2. The van der Waals surface area contributed by atoms with Gasteiger partial charge in [0.15, 0.2) is 9.84 Å². The molecule has 0 aliphatic heterocycles. The molecule has 2 rings (SSSR count). The van der Waals surface area contributed by atoms with Gasteiger partial charge in [-0.2, -0.15) is 5.26 Å². The molecule has 6 heteroatoms. The maximum Gasteiger partial charge on any atom is 0.156 e. The third kappa shape index (κ3) is 5.31. The maximum atomic E-state index is 12.4. The molecule has 1 atom stereocenters. The average Bonchev–Trinajstić information content (AvgIpc) is 2.52. The number of nitrogens with zero attached hydrogens (tertiary/aromatic N) is 2. The molecule has 5 nitrogen and oxygen atoms in total. The van der Waals surface area contributed by atoms with Gasteiger partial charge >= 0.3 is 0 Å². The number of nitrogens with one attached hydrogen (secondary N) is 1. The molecule has 0 aliphatic carbocycles. The van der Waals surface area contributed by atoms with Gasteiger partial charge in [-0.3, -0.25) is 4.98 Å². The van der Waals surface area contributed by atoms with E-state index in [0.717, 1.165) is 23.7 Å². The van der Waals surface area contributed by atoms with Gasteiger partial charge in [0.1, 0.15) is 0 Å². The van der Waals surface area contributed by atoms with Crippen molar-refractivity contribution in [2.75, 3.05) is 12.3 Å². The Bertz CT molecular complexity index is 797. The van der Waals surface area contributed by atoms with E-state index < -0.39 is 9.84 Å². The Balaban J connectivity index is 2.10. The molecule has 0 saturated heterocycles. The lowest BCUT2D eigenvalue weighted by atomic mass is 10.2. The lowest BCUT2D eigenvalue weighted by Gasteiger charge is -2.16. The average molecular weight is 331 g/mol. The van der Waals surface area contributed by atoms with Gasteiger partial charge in [-0.25, -0.2) is 8.42 Å². The van der Waals surface area contributed by atoms with Crippen molar-refractivity contribution in [3.8, 4) is 6.07 Å². The molecule has 1 aromatic carbocycles. The zero-order valence-electron chi connectivity index (χ0n) is 13.2. The van der Waals surface area contributed by atoms with Crippen LogP contribution in [0.2, 0.25) is 0 Å². The minimum Gasteiger partial charge on any atom is -0.301 e. The molecule has 122 valence electrons. The summed E-state index contributed by atoms with van der Waals surface area (Å²) in [6.07, 6.45) is 3.23. The molecule has 23 heavy (non-hydrogen) atoms. The van der Waals surface area contributed by atoms with Crippen LogP contribution in [-0.2, 0) is 15.6 Å². The van der Waals surface area contributed by atoms with Gasteiger partial charge in [0.05, 0.1) is 29.6 Å². The van der Waals surface area contributed by atoms with Gasteiger partial charge in [-0.05, 0) is 24.1 Å². The highest BCUT2D eigenvalue weighted by molar-refractivity contribution is 7.90. The summed E-state index contributed by atoms with van der Waals surface area (Å²) in [6.45, 7) is 2.17. The van der Waals surface area contributed by atoms with Crippen molar-refractivity contribution in [2.45, 2.75) is 31.6 Å². The fourth-order valence-corrected chi connectivity index (χ4v) is 4.28. The van der Waals surface area contributed by atoms with E-state index in [9.17, 15) is 8.42 Å². The van der Waals surface area contributed by atoms with Crippen molar-refractivity contribution in [3.05, 3.63) is 42.1 Å². The van der Waals surface area contributed by atoms with E-state index in [4.69, 9.17) is 5.26 Å². The minimum absolute atomic E-state index is 0.0285. The molecule has 0 radical (unpaired) electrons. The van der Waals surface area contributed by atoms with Gasteiger partial charge in [0.2, 0.25) is 0 Å². The second-order valence-corrected chi connectivity index (χ2v) is 7.72. The van der Waals surface area contributed by atoms with E-state index in [2.05, 4.69) is 10.3 Å². The lowest BCUT2D eigenvalue weighted by molar-refractivity contribution is 0.523. The fourth-order valence-electron chi connectivity index (χ4n) is 2.60. The smallest absolute Gasteiger partial charge is 0.156 e. The third-order valence-electron chi connectivity index (χ3n) is 3.60. The van der Waals surface area contributed by atoms with E-state index in [0.29, 0.717) is 5.56 Å². The highest BCUT2D eigenvalue weighted by Crippen LogP contribution is 2.15. The predicted molar refractivity (Wildman–Crippen MR) is 91.5 cm³/mol. The highest BCUT2D eigenvalue weighted by Gasteiger charge is 2.19. The Kier molecular flexibility index (Phi) is 6.08. The van der Waals surface area contributed by atoms with Gasteiger partial charge in [-0.1, -0.05) is 31.5 Å². The monoisotopic (exact) mass is 331 g/mol. The maximum absolute atomic E-state index is 12.4. The number of pyridine rings is 1. The number of para-hydroxylation sites is 1. The summed E-state index contributed by atoms with van der Waals surface area (Å²) in [5, 5.41) is 12.6. The Morgan fingerprint density at radius 2 is 2.13 bits per heavy atom. The van der Waals surface area contributed by atoms with Crippen molar-refractivity contribution in [1.82, 2.24) is 10.3 Å². The summed E-state index contributed by atoms with van der Waals surface area (Å²) in [5.74, 6) is 0.00856. The summed E-state index contributed by atoms with van der Waals surface area (Å²) < 4.78 is 24.9. The van der Waals surface area contributed by atoms with E-state index >= 15 is 0 Å². The molecule has 0 amide bonds. The van der Waals surface area contributed by atoms with Crippen molar-refractivity contribution >= 4 is 20.7 Å². The van der Waals surface area contributed by atoms with Crippen molar-refractivity contribution in [3.63, 3.8) is 0 Å². The van der Waals surface area contributed by atoms with E-state index in [1.807, 2.05) is 43.3 Å². The summed E-state index contributed by atoms with van der Waals surface area (Å²) >= 11 is 0. The zero-order chi connectivity index (χ0) is 16.7. The Labute approximate surface area is 137 Å². The third-order valence-corrected chi connectivity index (χ3v) is 5.28. The minimum atomic E-state index is -3.27. The van der Waals surface area contributed by atoms with E-state index in [1.165, 1.54) is 0 Å². The van der Waals surface area contributed by atoms with Crippen LogP contribution < -0.4 is 5.32 Å². The fraction of sp³-hybridized carbons (Fsp3) is 0.412. The quantitative estimate of drug-likeness (QED) is 0.751. The Morgan fingerprint density at radius 3 is 2.87 bits per heavy atom. The number of hydrogen-bond donors (Lipinski definition) is 1. The van der Waals surface area contributed by atoms with Crippen LogP contribution in [0, 0.1) is 11.3 Å². The Morgan fingerprint density at radius 1 is 1.35 bits per heavy atom. The van der Waals surface area contributed by atoms with Gasteiger partial charge in [0.25, 0.3) is 0 Å². The topological polar surface area (TPSA) is 82.8 Å². The number of aromatic nitrogens is 1. The van der Waals surface area contributed by atoms with E-state index in [1.54, 1.807) is 6.20 Å². The molecule has 0 fully saturated rings. The lowest BCUT2D eigenvalue weighted by Crippen LogP contribution is -2.36. The van der Waals surface area contributed by atoms with Crippen LogP contribution in [0.15, 0.2) is 36.5 Å². The summed E-state index contributed by atoms with van der Waals surface area (Å²) in [7, 11) is -3.27.